The fourth-order valence-electron chi connectivity index (χ4n) is 3.13. The highest BCUT2D eigenvalue weighted by atomic mass is 32.2. The van der Waals surface area contributed by atoms with Crippen molar-refractivity contribution in [3.05, 3.63) is 0 Å². The SMILES string of the molecule is CC(C)C1CCCCC1NC1CCSC1. The van der Waals surface area contributed by atoms with E-state index in [0.717, 1.165) is 23.9 Å². The molecule has 1 aliphatic carbocycles. The molecule has 0 radical (unpaired) electrons. The van der Waals surface area contributed by atoms with Gasteiger partial charge in [0.2, 0.25) is 0 Å². The number of thioether (sulfide) groups is 1. The number of hydrogen-bond donors (Lipinski definition) is 1. The van der Waals surface area contributed by atoms with Crippen LogP contribution in [0.1, 0.15) is 46.0 Å². The molecule has 0 bridgehead atoms. The van der Waals surface area contributed by atoms with Crippen LogP contribution in [-0.2, 0) is 0 Å². The van der Waals surface area contributed by atoms with Gasteiger partial charge < -0.3 is 5.32 Å². The molecule has 1 N–H and O–H groups in total. The lowest BCUT2D eigenvalue weighted by atomic mass is 9.77. The quantitative estimate of drug-likeness (QED) is 0.794. The molecule has 0 spiro atoms. The summed E-state index contributed by atoms with van der Waals surface area (Å²) in [5, 5.41) is 3.93. The summed E-state index contributed by atoms with van der Waals surface area (Å²) in [5.74, 6) is 4.51. The van der Waals surface area contributed by atoms with Crippen LogP contribution in [0.5, 0.6) is 0 Å². The molecule has 3 unspecified atom stereocenters. The molecular weight excluding hydrogens is 202 g/mol. The molecule has 0 amide bonds. The van der Waals surface area contributed by atoms with E-state index >= 15 is 0 Å². The zero-order chi connectivity index (χ0) is 10.7. The second-order valence-electron chi connectivity index (χ2n) is 5.53. The van der Waals surface area contributed by atoms with Gasteiger partial charge in [-0.2, -0.15) is 11.8 Å². The van der Waals surface area contributed by atoms with Gasteiger partial charge in [-0.25, -0.2) is 0 Å². The lowest BCUT2D eigenvalue weighted by molar-refractivity contribution is 0.195. The Morgan fingerprint density at radius 2 is 1.93 bits per heavy atom. The van der Waals surface area contributed by atoms with Crippen LogP contribution >= 0.6 is 11.8 Å². The summed E-state index contributed by atoms with van der Waals surface area (Å²) in [4.78, 5) is 0. The number of nitrogens with one attached hydrogen (secondary N) is 1. The minimum Gasteiger partial charge on any atom is -0.310 e. The zero-order valence-electron chi connectivity index (χ0n) is 10.2. The van der Waals surface area contributed by atoms with E-state index in [1.54, 1.807) is 0 Å². The van der Waals surface area contributed by atoms with E-state index in [0.29, 0.717) is 0 Å². The fraction of sp³-hybridized carbons (Fsp3) is 1.00. The third-order valence-electron chi connectivity index (χ3n) is 4.06. The van der Waals surface area contributed by atoms with Gasteiger partial charge in [-0.05, 0) is 36.9 Å². The molecule has 0 aromatic heterocycles. The second kappa shape index (κ2) is 5.58. The van der Waals surface area contributed by atoms with E-state index in [1.807, 2.05) is 0 Å². The highest BCUT2D eigenvalue weighted by Gasteiger charge is 2.29. The molecule has 2 heteroatoms. The topological polar surface area (TPSA) is 12.0 Å². The Morgan fingerprint density at radius 3 is 2.60 bits per heavy atom. The van der Waals surface area contributed by atoms with Crippen molar-refractivity contribution in [3.8, 4) is 0 Å². The van der Waals surface area contributed by atoms with E-state index < -0.39 is 0 Å². The van der Waals surface area contributed by atoms with Crippen molar-refractivity contribution in [2.75, 3.05) is 11.5 Å². The molecule has 2 rings (SSSR count). The van der Waals surface area contributed by atoms with Gasteiger partial charge in [-0.15, -0.1) is 0 Å². The summed E-state index contributed by atoms with van der Waals surface area (Å²) in [6, 6.07) is 1.64. The van der Waals surface area contributed by atoms with Crippen molar-refractivity contribution in [1.29, 1.82) is 0 Å². The van der Waals surface area contributed by atoms with Crippen LogP contribution in [-0.4, -0.2) is 23.6 Å². The monoisotopic (exact) mass is 227 g/mol. The van der Waals surface area contributed by atoms with E-state index in [9.17, 15) is 0 Å². The molecule has 3 atom stereocenters. The van der Waals surface area contributed by atoms with Crippen molar-refractivity contribution < 1.29 is 0 Å². The maximum absolute atomic E-state index is 3.93. The highest BCUT2D eigenvalue weighted by Crippen LogP contribution is 2.31. The summed E-state index contributed by atoms with van der Waals surface area (Å²) in [7, 11) is 0. The lowest BCUT2D eigenvalue weighted by Crippen LogP contribution is -2.46. The smallest absolute Gasteiger partial charge is 0.0168 e. The van der Waals surface area contributed by atoms with Crippen molar-refractivity contribution in [3.63, 3.8) is 0 Å². The average Bonchev–Trinajstić information content (AvgIpc) is 2.71. The first-order valence-corrected chi connectivity index (χ1v) is 7.76. The summed E-state index contributed by atoms with van der Waals surface area (Å²) < 4.78 is 0. The minimum absolute atomic E-state index is 0.819. The Hall–Kier alpha value is 0.310. The predicted octanol–water partition coefficient (Wildman–Crippen LogP) is 3.30. The third-order valence-corrected chi connectivity index (χ3v) is 5.22. The first kappa shape index (κ1) is 11.8. The second-order valence-corrected chi connectivity index (χ2v) is 6.68. The van der Waals surface area contributed by atoms with Gasteiger partial charge in [0.05, 0.1) is 0 Å². The molecule has 15 heavy (non-hydrogen) atoms. The molecule has 0 aromatic carbocycles. The van der Waals surface area contributed by atoms with Gasteiger partial charge >= 0.3 is 0 Å². The van der Waals surface area contributed by atoms with Gasteiger partial charge in [-0.1, -0.05) is 26.7 Å². The molecule has 1 nitrogen and oxygen atoms in total. The maximum Gasteiger partial charge on any atom is 0.0168 e. The molecule has 1 saturated heterocycles. The number of rotatable bonds is 3. The largest absolute Gasteiger partial charge is 0.310 e. The van der Waals surface area contributed by atoms with Crippen molar-refractivity contribution in [2.45, 2.75) is 58.0 Å². The van der Waals surface area contributed by atoms with Crippen LogP contribution in [0.2, 0.25) is 0 Å². The molecule has 1 saturated carbocycles. The summed E-state index contributed by atoms with van der Waals surface area (Å²) in [6.07, 6.45) is 7.17. The van der Waals surface area contributed by atoms with Crippen LogP contribution in [0.3, 0.4) is 0 Å². The predicted molar refractivity (Wildman–Crippen MR) is 69.4 cm³/mol. The van der Waals surface area contributed by atoms with Crippen molar-refractivity contribution >= 4 is 11.8 Å². The van der Waals surface area contributed by atoms with Gasteiger partial charge in [0.25, 0.3) is 0 Å². The normalized spacial score (nSPS) is 37.4. The standard InChI is InChI=1S/C13H25NS/c1-10(2)12-5-3-4-6-13(12)14-11-7-8-15-9-11/h10-14H,3-9H2,1-2H3. The van der Waals surface area contributed by atoms with Gasteiger partial charge in [0.1, 0.15) is 0 Å². The average molecular weight is 227 g/mol. The Morgan fingerprint density at radius 1 is 1.13 bits per heavy atom. The Bertz CT molecular complexity index is 187. The summed E-state index contributed by atoms with van der Waals surface area (Å²) >= 11 is 2.12. The summed E-state index contributed by atoms with van der Waals surface area (Å²) in [5.41, 5.74) is 0. The lowest BCUT2D eigenvalue weighted by Gasteiger charge is -2.36. The Labute approximate surface area is 98.8 Å². The van der Waals surface area contributed by atoms with E-state index in [1.165, 1.54) is 43.6 Å². The fourth-order valence-corrected chi connectivity index (χ4v) is 4.30. The van der Waals surface area contributed by atoms with Crippen molar-refractivity contribution in [2.24, 2.45) is 11.8 Å². The Balaban J connectivity index is 1.86. The molecule has 1 heterocycles. The van der Waals surface area contributed by atoms with Crippen LogP contribution < -0.4 is 5.32 Å². The van der Waals surface area contributed by atoms with E-state index in [4.69, 9.17) is 0 Å². The minimum atomic E-state index is 0.819. The third kappa shape index (κ3) is 3.13. The zero-order valence-corrected chi connectivity index (χ0v) is 11.0. The maximum atomic E-state index is 3.93. The molecule has 0 aromatic rings. The van der Waals surface area contributed by atoms with Gasteiger partial charge in [0, 0.05) is 17.8 Å². The van der Waals surface area contributed by atoms with E-state index in [2.05, 4.69) is 30.9 Å². The van der Waals surface area contributed by atoms with Crippen LogP contribution in [0.25, 0.3) is 0 Å². The molecular formula is C13H25NS. The first-order valence-electron chi connectivity index (χ1n) is 6.61. The van der Waals surface area contributed by atoms with Crippen molar-refractivity contribution in [1.82, 2.24) is 5.32 Å². The van der Waals surface area contributed by atoms with Gasteiger partial charge in [-0.3, -0.25) is 0 Å². The number of hydrogen-bond acceptors (Lipinski definition) is 2. The van der Waals surface area contributed by atoms with Crippen LogP contribution in [0, 0.1) is 11.8 Å². The molecule has 1 aliphatic heterocycles. The van der Waals surface area contributed by atoms with Crippen LogP contribution in [0.4, 0.5) is 0 Å². The summed E-state index contributed by atoms with van der Waals surface area (Å²) in [6.45, 7) is 4.79. The molecule has 2 aliphatic rings. The Kier molecular flexibility index (Phi) is 4.39. The molecule has 2 fully saturated rings. The van der Waals surface area contributed by atoms with Crippen LogP contribution in [0.15, 0.2) is 0 Å². The first-order chi connectivity index (χ1) is 7.27. The van der Waals surface area contributed by atoms with E-state index in [-0.39, 0.29) is 0 Å². The van der Waals surface area contributed by atoms with Gasteiger partial charge in [0.15, 0.2) is 0 Å². The molecule has 88 valence electrons. The highest BCUT2D eigenvalue weighted by molar-refractivity contribution is 7.99.